The highest BCUT2D eigenvalue weighted by Crippen LogP contribution is 2.37. The number of para-hydroxylation sites is 1. The summed E-state index contributed by atoms with van der Waals surface area (Å²) in [5.74, 6) is 1.97. The lowest BCUT2D eigenvalue weighted by atomic mass is 9.91. The molecule has 2 heterocycles. The Morgan fingerprint density at radius 1 is 1.15 bits per heavy atom. The highest BCUT2D eigenvalue weighted by atomic mass is 16.6. The Morgan fingerprint density at radius 3 is 2.35 bits per heavy atom. The van der Waals surface area contributed by atoms with Crippen molar-refractivity contribution in [1.29, 1.82) is 0 Å². The first-order valence-corrected chi connectivity index (χ1v) is 9.15. The van der Waals surface area contributed by atoms with E-state index in [0.717, 1.165) is 32.5 Å². The molecule has 1 spiro atoms. The lowest BCUT2D eigenvalue weighted by Gasteiger charge is -2.37. The largest absolute Gasteiger partial charge is 0.493 e. The Kier molecular flexibility index (Phi) is 5.76. The Bertz CT molecular complexity index is 606. The summed E-state index contributed by atoms with van der Waals surface area (Å²) in [6.07, 6.45) is 1.56. The second kappa shape index (κ2) is 8.03. The first-order valence-electron chi connectivity index (χ1n) is 9.15. The highest BCUT2D eigenvalue weighted by Gasteiger charge is 2.46. The van der Waals surface area contributed by atoms with Crippen LogP contribution in [0.4, 0.5) is 4.79 Å². The van der Waals surface area contributed by atoms with Gasteiger partial charge in [-0.25, -0.2) is 4.79 Å². The third kappa shape index (κ3) is 3.82. The van der Waals surface area contributed by atoms with Gasteiger partial charge in [-0.1, -0.05) is 6.07 Å². The van der Waals surface area contributed by atoms with Crippen LogP contribution in [0.5, 0.6) is 17.2 Å². The third-order valence-corrected chi connectivity index (χ3v) is 5.23. The summed E-state index contributed by atoms with van der Waals surface area (Å²) >= 11 is 0. The number of likely N-dealkylation sites (N-methyl/N-ethyl adjacent to an activating group) is 1. The van der Waals surface area contributed by atoms with Gasteiger partial charge in [0.25, 0.3) is 0 Å². The van der Waals surface area contributed by atoms with Crippen LogP contribution < -0.4 is 14.2 Å². The predicted octanol–water partition coefficient (Wildman–Crippen LogP) is 2.39. The number of hydrogen-bond acceptors (Lipinski definition) is 6. The van der Waals surface area contributed by atoms with Gasteiger partial charge in [-0.15, -0.1) is 0 Å². The minimum absolute atomic E-state index is 0.174. The van der Waals surface area contributed by atoms with E-state index in [4.69, 9.17) is 18.9 Å². The molecule has 0 radical (unpaired) electrons. The number of nitrogens with zero attached hydrogens (tertiary/aromatic N) is 2. The van der Waals surface area contributed by atoms with Crippen molar-refractivity contribution >= 4 is 6.09 Å². The number of ether oxygens (including phenoxy) is 4. The van der Waals surface area contributed by atoms with Gasteiger partial charge in [0.05, 0.1) is 20.8 Å². The summed E-state index contributed by atoms with van der Waals surface area (Å²) in [5, 5.41) is 0. The molecule has 2 fully saturated rings. The zero-order chi connectivity index (χ0) is 18.6. The average molecular weight is 364 g/mol. The fraction of sp³-hybridized carbons (Fsp3) is 0.632. The molecule has 0 atom stereocenters. The molecule has 0 unspecified atom stereocenters. The zero-order valence-corrected chi connectivity index (χ0v) is 15.8. The van der Waals surface area contributed by atoms with Crippen molar-refractivity contribution in [2.45, 2.75) is 25.4 Å². The van der Waals surface area contributed by atoms with Gasteiger partial charge in [0.15, 0.2) is 11.5 Å². The quantitative estimate of drug-likeness (QED) is 0.740. The molecule has 0 saturated carbocycles. The molecule has 144 valence electrons. The number of methoxy groups -OCH3 is 2. The smallest absolute Gasteiger partial charge is 0.410 e. The first-order chi connectivity index (χ1) is 12.6. The molecule has 2 saturated heterocycles. The van der Waals surface area contributed by atoms with E-state index in [0.29, 0.717) is 36.9 Å². The van der Waals surface area contributed by atoms with Crippen LogP contribution in [0, 0.1) is 0 Å². The third-order valence-electron chi connectivity index (χ3n) is 5.23. The van der Waals surface area contributed by atoms with Gasteiger partial charge in [0.2, 0.25) is 5.75 Å². The summed E-state index contributed by atoms with van der Waals surface area (Å²) in [6.45, 7) is 6.56. The molecule has 26 heavy (non-hydrogen) atoms. The molecule has 0 N–H and O–H groups in total. The van der Waals surface area contributed by atoms with Crippen LogP contribution in [0.2, 0.25) is 0 Å². The van der Waals surface area contributed by atoms with Crippen LogP contribution in [-0.2, 0) is 4.74 Å². The molecule has 0 bridgehead atoms. The van der Waals surface area contributed by atoms with Crippen LogP contribution >= 0.6 is 0 Å². The summed E-state index contributed by atoms with van der Waals surface area (Å²) < 4.78 is 22.3. The van der Waals surface area contributed by atoms with Crippen molar-refractivity contribution in [1.82, 2.24) is 9.80 Å². The predicted molar refractivity (Wildman–Crippen MR) is 97.2 cm³/mol. The van der Waals surface area contributed by atoms with E-state index in [2.05, 4.69) is 4.90 Å². The van der Waals surface area contributed by atoms with Gasteiger partial charge >= 0.3 is 6.09 Å². The molecular formula is C19H28N2O5. The maximum absolute atomic E-state index is 11.9. The Balaban J connectivity index is 1.49. The topological polar surface area (TPSA) is 60.5 Å². The van der Waals surface area contributed by atoms with Crippen molar-refractivity contribution < 1.29 is 23.7 Å². The van der Waals surface area contributed by atoms with Crippen molar-refractivity contribution in [2.24, 2.45) is 0 Å². The van der Waals surface area contributed by atoms with E-state index in [1.165, 1.54) is 0 Å². The van der Waals surface area contributed by atoms with Gasteiger partial charge in [0, 0.05) is 39.0 Å². The number of benzene rings is 1. The van der Waals surface area contributed by atoms with E-state index >= 15 is 0 Å². The SMILES string of the molecule is CCN1CC2(CCN(CCOc3c(OC)cccc3OC)CC2)OC1=O. The van der Waals surface area contributed by atoms with Crippen LogP contribution in [0.1, 0.15) is 19.8 Å². The van der Waals surface area contributed by atoms with Crippen LogP contribution in [0.25, 0.3) is 0 Å². The molecule has 1 amide bonds. The number of rotatable bonds is 7. The molecule has 7 heteroatoms. The van der Waals surface area contributed by atoms with Gasteiger partial charge in [-0.2, -0.15) is 0 Å². The summed E-state index contributed by atoms with van der Waals surface area (Å²) in [4.78, 5) is 16.0. The molecule has 0 aromatic heterocycles. The maximum atomic E-state index is 11.9. The van der Waals surface area contributed by atoms with Crippen molar-refractivity contribution in [3.8, 4) is 17.2 Å². The van der Waals surface area contributed by atoms with Crippen molar-refractivity contribution in [2.75, 3.05) is 53.6 Å². The normalized spacial score (nSPS) is 19.5. The van der Waals surface area contributed by atoms with E-state index in [9.17, 15) is 4.79 Å². The van der Waals surface area contributed by atoms with Gasteiger partial charge in [0.1, 0.15) is 12.2 Å². The van der Waals surface area contributed by atoms with E-state index in [1.807, 2.05) is 25.1 Å². The maximum Gasteiger partial charge on any atom is 0.410 e. The number of carbonyl (C=O) groups is 1. The molecular weight excluding hydrogens is 336 g/mol. The molecule has 0 aliphatic carbocycles. The highest BCUT2D eigenvalue weighted by molar-refractivity contribution is 5.70. The van der Waals surface area contributed by atoms with E-state index in [-0.39, 0.29) is 11.7 Å². The second-order valence-corrected chi connectivity index (χ2v) is 6.75. The minimum atomic E-state index is -0.295. The molecule has 7 nitrogen and oxygen atoms in total. The summed E-state index contributed by atoms with van der Waals surface area (Å²) in [5.41, 5.74) is -0.295. The Morgan fingerprint density at radius 2 is 1.81 bits per heavy atom. The fourth-order valence-corrected chi connectivity index (χ4v) is 3.62. The molecule has 3 rings (SSSR count). The van der Waals surface area contributed by atoms with E-state index in [1.54, 1.807) is 19.1 Å². The summed E-state index contributed by atoms with van der Waals surface area (Å²) in [7, 11) is 3.24. The number of piperidine rings is 1. The van der Waals surface area contributed by atoms with Crippen LogP contribution in [0.3, 0.4) is 0 Å². The van der Waals surface area contributed by atoms with Crippen LogP contribution in [0.15, 0.2) is 18.2 Å². The molecule has 2 aliphatic rings. The summed E-state index contributed by atoms with van der Waals surface area (Å²) in [6, 6.07) is 5.59. The van der Waals surface area contributed by atoms with E-state index < -0.39 is 0 Å². The fourth-order valence-electron chi connectivity index (χ4n) is 3.62. The van der Waals surface area contributed by atoms with Gasteiger partial charge in [-0.3, -0.25) is 4.90 Å². The lowest BCUT2D eigenvalue weighted by Crippen LogP contribution is -2.47. The average Bonchev–Trinajstić information content (AvgIpc) is 2.98. The molecule has 1 aromatic rings. The van der Waals surface area contributed by atoms with Gasteiger partial charge < -0.3 is 23.8 Å². The Labute approximate surface area is 154 Å². The molecule has 2 aliphatic heterocycles. The number of hydrogen-bond donors (Lipinski definition) is 0. The second-order valence-electron chi connectivity index (χ2n) is 6.75. The Hall–Kier alpha value is -2.15. The number of amides is 1. The minimum Gasteiger partial charge on any atom is -0.493 e. The van der Waals surface area contributed by atoms with Gasteiger partial charge in [-0.05, 0) is 19.1 Å². The number of carbonyl (C=O) groups excluding carboxylic acids is 1. The number of likely N-dealkylation sites (tertiary alicyclic amines) is 1. The van der Waals surface area contributed by atoms with Crippen molar-refractivity contribution in [3.05, 3.63) is 18.2 Å². The molecule has 1 aromatic carbocycles. The standard InChI is InChI=1S/C19H28N2O5/c1-4-21-14-19(26-18(21)22)8-10-20(11-9-19)12-13-25-17-15(23-2)6-5-7-16(17)24-3/h5-7H,4,8-14H2,1-3H3. The lowest BCUT2D eigenvalue weighted by molar-refractivity contribution is -0.00177. The van der Waals surface area contributed by atoms with Crippen molar-refractivity contribution in [3.63, 3.8) is 0 Å². The zero-order valence-electron chi connectivity index (χ0n) is 15.8. The van der Waals surface area contributed by atoms with Crippen LogP contribution in [-0.4, -0.2) is 75.0 Å². The first kappa shape index (κ1) is 18.6. The monoisotopic (exact) mass is 364 g/mol.